The highest BCUT2D eigenvalue weighted by atomic mass is 35.5. The number of halogens is 1. The molecule has 2 heterocycles. The minimum absolute atomic E-state index is 0.0178. The van der Waals surface area contributed by atoms with Gasteiger partial charge in [-0.05, 0) is 31.0 Å². The number of aromatic nitrogens is 2. The number of ether oxygens (including phenoxy) is 2. The topological polar surface area (TPSA) is 70.4 Å². The van der Waals surface area contributed by atoms with Crippen molar-refractivity contribution < 1.29 is 14.3 Å². The van der Waals surface area contributed by atoms with E-state index < -0.39 is 5.97 Å². The van der Waals surface area contributed by atoms with Crippen molar-refractivity contribution in [2.24, 2.45) is 0 Å². The lowest BCUT2D eigenvalue weighted by molar-refractivity contribution is 0.0601. The maximum atomic E-state index is 13.0. The molecule has 138 valence electrons. The quantitative estimate of drug-likeness (QED) is 0.425. The maximum absolute atomic E-state index is 13.0. The highest BCUT2D eigenvalue weighted by molar-refractivity contribution is 7.99. The number of benzene rings is 1. The van der Waals surface area contributed by atoms with Crippen LogP contribution in [0.5, 0.6) is 0 Å². The first-order chi connectivity index (χ1) is 12.6. The van der Waals surface area contributed by atoms with Crippen LogP contribution < -0.4 is 5.56 Å². The van der Waals surface area contributed by atoms with Gasteiger partial charge in [-0.15, -0.1) is 0 Å². The molecule has 1 aliphatic heterocycles. The normalized spacial score (nSPS) is 17.2. The standard InChI is InChI=1S/C18H19ClN2O4S/c1-24-17(23)12-5-6-14-15(10-12)20-18(26-9-3-7-19)21(16(14)22)11-13-4-2-8-25-13/h3,5-7,10,13H,2,4,8-9,11H2,1H3/b7-3+. The fourth-order valence-electron chi connectivity index (χ4n) is 2.87. The van der Waals surface area contributed by atoms with Crippen LogP contribution in [-0.4, -0.2) is 41.1 Å². The average Bonchev–Trinajstić information content (AvgIpc) is 3.17. The first-order valence-corrected chi connectivity index (χ1v) is 9.68. The lowest BCUT2D eigenvalue weighted by Gasteiger charge is -2.16. The molecule has 8 heteroatoms. The number of carbonyl (C=O) groups excluding carboxylic acids is 1. The average molecular weight is 395 g/mol. The summed E-state index contributed by atoms with van der Waals surface area (Å²) in [4.78, 5) is 29.4. The molecule has 0 spiro atoms. The van der Waals surface area contributed by atoms with Gasteiger partial charge in [-0.25, -0.2) is 9.78 Å². The number of hydrogen-bond acceptors (Lipinski definition) is 6. The Bertz CT molecular complexity index is 891. The van der Waals surface area contributed by atoms with Crippen LogP contribution in [0.3, 0.4) is 0 Å². The summed E-state index contributed by atoms with van der Waals surface area (Å²) >= 11 is 7.00. The molecule has 0 saturated carbocycles. The number of hydrogen-bond donors (Lipinski definition) is 0. The summed E-state index contributed by atoms with van der Waals surface area (Å²) < 4.78 is 12.1. The number of carbonyl (C=O) groups is 1. The third kappa shape index (κ3) is 4.11. The predicted octanol–water partition coefficient (Wildman–Crippen LogP) is 3.21. The van der Waals surface area contributed by atoms with E-state index in [0.717, 1.165) is 19.4 Å². The largest absolute Gasteiger partial charge is 0.465 e. The molecule has 1 atom stereocenters. The Kier molecular flexibility index (Phi) is 6.34. The summed E-state index contributed by atoms with van der Waals surface area (Å²) in [5.41, 5.74) is 2.13. The van der Waals surface area contributed by atoms with E-state index in [2.05, 4.69) is 4.98 Å². The second kappa shape index (κ2) is 8.70. The SMILES string of the molecule is COC(=O)c1ccc2c(=O)n(CC3CCCO3)c(SC/C=C/Cl)nc2c1. The monoisotopic (exact) mass is 394 g/mol. The van der Waals surface area contributed by atoms with Gasteiger partial charge in [-0.2, -0.15) is 0 Å². The van der Waals surface area contributed by atoms with Gasteiger partial charge in [-0.1, -0.05) is 29.4 Å². The van der Waals surface area contributed by atoms with Gasteiger partial charge in [0, 0.05) is 17.9 Å². The summed E-state index contributed by atoms with van der Waals surface area (Å²) in [6.07, 6.45) is 3.73. The summed E-state index contributed by atoms with van der Waals surface area (Å²) in [5, 5.41) is 1.04. The first kappa shape index (κ1) is 18.9. The number of rotatable bonds is 6. The van der Waals surface area contributed by atoms with E-state index in [4.69, 9.17) is 21.1 Å². The van der Waals surface area contributed by atoms with Gasteiger partial charge >= 0.3 is 5.97 Å². The van der Waals surface area contributed by atoms with Gasteiger partial charge in [0.2, 0.25) is 0 Å². The number of esters is 1. The van der Waals surface area contributed by atoms with Crippen LogP contribution in [0, 0.1) is 0 Å². The number of fused-ring (bicyclic) bond motifs is 1. The molecule has 0 radical (unpaired) electrons. The van der Waals surface area contributed by atoms with E-state index in [1.54, 1.807) is 28.8 Å². The van der Waals surface area contributed by atoms with E-state index in [1.807, 2.05) is 0 Å². The minimum atomic E-state index is -0.462. The first-order valence-electron chi connectivity index (χ1n) is 8.26. The van der Waals surface area contributed by atoms with Gasteiger partial charge in [0.15, 0.2) is 5.16 Å². The molecule has 26 heavy (non-hydrogen) atoms. The summed E-state index contributed by atoms with van der Waals surface area (Å²) in [7, 11) is 1.32. The van der Waals surface area contributed by atoms with Crippen molar-refractivity contribution in [3.63, 3.8) is 0 Å². The zero-order valence-corrected chi connectivity index (χ0v) is 15.9. The molecule has 1 unspecified atom stereocenters. The van der Waals surface area contributed by atoms with Gasteiger partial charge in [0.05, 0.1) is 36.2 Å². The Hall–Kier alpha value is -1.83. The molecule has 2 aromatic rings. The van der Waals surface area contributed by atoms with E-state index in [1.165, 1.54) is 24.4 Å². The highest BCUT2D eigenvalue weighted by Crippen LogP contribution is 2.22. The number of nitrogens with zero attached hydrogens (tertiary/aromatic N) is 2. The summed E-state index contributed by atoms with van der Waals surface area (Å²) in [6.45, 7) is 1.19. The fraction of sp³-hybridized carbons (Fsp3) is 0.389. The Morgan fingerprint density at radius 2 is 2.38 bits per heavy atom. The second-order valence-corrected chi connectivity index (χ2v) is 7.08. The van der Waals surface area contributed by atoms with Crippen LogP contribution in [0.2, 0.25) is 0 Å². The van der Waals surface area contributed by atoms with Crippen LogP contribution in [0.4, 0.5) is 0 Å². The lowest BCUT2D eigenvalue weighted by Crippen LogP contribution is -2.29. The van der Waals surface area contributed by atoms with Crippen LogP contribution in [0.15, 0.2) is 39.8 Å². The lowest BCUT2D eigenvalue weighted by atomic mass is 10.1. The van der Waals surface area contributed by atoms with Crippen molar-refractivity contribution in [3.05, 3.63) is 45.7 Å². The number of thioether (sulfide) groups is 1. The zero-order valence-electron chi connectivity index (χ0n) is 14.3. The van der Waals surface area contributed by atoms with Crippen LogP contribution >= 0.6 is 23.4 Å². The Balaban J connectivity index is 2.06. The molecule has 0 N–H and O–H groups in total. The number of methoxy groups -OCH3 is 1. The molecule has 6 nitrogen and oxygen atoms in total. The van der Waals surface area contributed by atoms with Crippen molar-refractivity contribution in [1.29, 1.82) is 0 Å². The van der Waals surface area contributed by atoms with Crippen molar-refractivity contribution in [1.82, 2.24) is 9.55 Å². The molecule has 1 aliphatic rings. The molecular formula is C18H19ClN2O4S. The predicted molar refractivity (Wildman–Crippen MR) is 102 cm³/mol. The molecule has 1 fully saturated rings. The van der Waals surface area contributed by atoms with E-state index >= 15 is 0 Å². The molecule has 1 aromatic carbocycles. The fourth-order valence-corrected chi connectivity index (χ4v) is 3.88. The van der Waals surface area contributed by atoms with Crippen LogP contribution in [0.25, 0.3) is 10.9 Å². The third-order valence-corrected chi connectivity index (χ3v) is 5.26. The van der Waals surface area contributed by atoms with Crippen molar-refractivity contribution in [2.45, 2.75) is 30.6 Å². The molecule has 1 saturated heterocycles. The zero-order chi connectivity index (χ0) is 18.5. The van der Waals surface area contributed by atoms with Crippen molar-refractivity contribution in [3.8, 4) is 0 Å². The Morgan fingerprint density at radius 3 is 3.08 bits per heavy atom. The van der Waals surface area contributed by atoms with Crippen LogP contribution in [0.1, 0.15) is 23.2 Å². The Labute approximate surface area is 160 Å². The van der Waals surface area contributed by atoms with Gasteiger partial charge in [0.1, 0.15) is 0 Å². The smallest absolute Gasteiger partial charge is 0.337 e. The minimum Gasteiger partial charge on any atom is -0.465 e. The van der Waals surface area contributed by atoms with Crippen molar-refractivity contribution >= 4 is 40.2 Å². The van der Waals surface area contributed by atoms with Crippen LogP contribution in [-0.2, 0) is 16.0 Å². The van der Waals surface area contributed by atoms with Gasteiger partial charge in [-0.3, -0.25) is 9.36 Å². The maximum Gasteiger partial charge on any atom is 0.337 e. The highest BCUT2D eigenvalue weighted by Gasteiger charge is 2.20. The van der Waals surface area contributed by atoms with Gasteiger partial charge < -0.3 is 9.47 Å². The molecule has 3 rings (SSSR count). The van der Waals surface area contributed by atoms with Crippen molar-refractivity contribution in [2.75, 3.05) is 19.5 Å². The molecule has 0 amide bonds. The third-order valence-electron chi connectivity index (χ3n) is 4.15. The van der Waals surface area contributed by atoms with Gasteiger partial charge in [0.25, 0.3) is 5.56 Å². The van der Waals surface area contributed by atoms with E-state index in [9.17, 15) is 9.59 Å². The summed E-state index contributed by atoms with van der Waals surface area (Å²) in [6, 6.07) is 4.78. The van der Waals surface area contributed by atoms with E-state index in [-0.39, 0.29) is 11.7 Å². The second-order valence-electron chi connectivity index (χ2n) is 5.84. The summed E-state index contributed by atoms with van der Waals surface area (Å²) in [5.74, 6) is 0.125. The Morgan fingerprint density at radius 1 is 1.54 bits per heavy atom. The molecular weight excluding hydrogens is 376 g/mol. The van der Waals surface area contributed by atoms with E-state index in [0.29, 0.717) is 33.9 Å². The molecule has 0 aliphatic carbocycles. The molecule has 1 aromatic heterocycles. The molecule has 0 bridgehead atoms.